The predicted octanol–water partition coefficient (Wildman–Crippen LogP) is 3.65. The van der Waals surface area contributed by atoms with Gasteiger partial charge in [-0.05, 0) is 31.2 Å². The second kappa shape index (κ2) is 5.67. The molecular formula is C12H12BrClN2O. The highest BCUT2D eigenvalue weighted by Gasteiger charge is 2.10. The molecule has 2 N–H and O–H groups in total. The number of rotatable bonds is 4. The maximum Gasteiger partial charge on any atom is 0.194 e. The third-order valence-corrected chi connectivity index (χ3v) is 3.27. The van der Waals surface area contributed by atoms with Gasteiger partial charge in [-0.2, -0.15) is 0 Å². The highest BCUT2D eigenvalue weighted by atomic mass is 79.9. The molecule has 0 fully saturated rings. The summed E-state index contributed by atoms with van der Waals surface area (Å²) in [6.07, 6.45) is 3.34. The zero-order valence-electron chi connectivity index (χ0n) is 9.12. The topological polar surface area (TPSA) is 52.0 Å². The molecule has 0 aliphatic heterocycles. The fraction of sp³-hybridized carbons (Fsp3) is 0.250. The van der Waals surface area contributed by atoms with Gasteiger partial charge in [-0.1, -0.05) is 27.5 Å². The summed E-state index contributed by atoms with van der Waals surface area (Å²) in [4.78, 5) is 4.21. The van der Waals surface area contributed by atoms with Crippen LogP contribution < -0.4 is 5.73 Å². The number of aromatic nitrogens is 1. The first-order valence-corrected chi connectivity index (χ1v) is 6.48. The van der Waals surface area contributed by atoms with Gasteiger partial charge in [-0.3, -0.25) is 0 Å². The maximum atomic E-state index is 5.96. The summed E-state index contributed by atoms with van der Waals surface area (Å²) in [5, 5.41) is 0.670. The van der Waals surface area contributed by atoms with Gasteiger partial charge < -0.3 is 10.2 Å². The molecule has 1 aromatic carbocycles. The van der Waals surface area contributed by atoms with Crippen molar-refractivity contribution in [2.75, 3.05) is 6.54 Å². The van der Waals surface area contributed by atoms with Gasteiger partial charge >= 0.3 is 0 Å². The second-order valence-electron chi connectivity index (χ2n) is 3.63. The lowest BCUT2D eigenvalue weighted by Crippen LogP contribution is -2.00. The van der Waals surface area contributed by atoms with Crippen LogP contribution in [0.15, 0.2) is 33.3 Å². The number of benzene rings is 1. The second-order valence-corrected chi connectivity index (χ2v) is 4.93. The van der Waals surface area contributed by atoms with Crippen LogP contribution in [0.25, 0.3) is 11.3 Å². The van der Waals surface area contributed by atoms with Gasteiger partial charge in [-0.15, -0.1) is 0 Å². The van der Waals surface area contributed by atoms with Crippen LogP contribution in [-0.2, 0) is 6.42 Å². The van der Waals surface area contributed by atoms with Gasteiger partial charge in [0.2, 0.25) is 0 Å². The average Bonchev–Trinajstić information content (AvgIpc) is 2.78. The van der Waals surface area contributed by atoms with Crippen LogP contribution in [0.1, 0.15) is 12.3 Å². The molecule has 0 spiro atoms. The number of aryl methyl sites for hydroxylation is 1. The summed E-state index contributed by atoms with van der Waals surface area (Å²) in [6.45, 7) is 0.637. The molecule has 0 bridgehead atoms. The van der Waals surface area contributed by atoms with E-state index in [0.29, 0.717) is 23.2 Å². The van der Waals surface area contributed by atoms with Crippen LogP contribution in [0.3, 0.4) is 0 Å². The molecule has 90 valence electrons. The fourth-order valence-corrected chi connectivity index (χ4v) is 2.10. The Bertz CT molecular complexity index is 513. The van der Waals surface area contributed by atoms with Crippen LogP contribution in [-0.4, -0.2) is 11.5 Å². The molecule has 2 rings (SSSR count). The molecule has 0 radical (unpaired) electrons. The number of nitrogens with zero attached hydrogens (tertiary/aromatic N) is 1. The molecule has 5 heteroatoms. The Morgan fingerprint density at radius 1 is 1.41 bits per heavy atom. The standard InChI is InChI=1S/C12H12BrClN2O/c13-10-4-3-8(14)6-9(10)11-7-16-12(17-11)2-1-5-15/h3-4,6-7H,1-2,5,15H2. The molecule has 0 saturated carbocycles. The average molecular weight is 316 g/mol. The Labute approximate surface area is 113 Å². The molecule has 1 heterocycles. The minimum atomic E-state index is 0.637. The predicted molar refractivity (Wildman–Crippen MR) is 72.0 cm³/mol. The first kappa shape index (κ1) is 12.6. The Morgan fingerprint density at radius 3 is 3.00 bits per heavy atom. The van der Waals surface area contributed by atoms with E-state index in [0.717, 1.165) is 22.9 Å². The smallest absolute Gasteiger partial charge is 0.194 e. The van der Waals surface area contributed by atoms with Crippen molar-refractivity contribution < 1.29 is 4.42 Å². The molecule has 0 aliphatic carbocycles. The lowest BCUT2D eigenvalue weighted by atomic mass is 10.2. The highest BCUT2D eigenvalue weighted by Crippen LogP contribution is 2.31. The largest absolute Gasteiger partial charge is 0.441 e. The van der Waals surface area contributed by atoms with Gasteiger partial charge in [0.15, 0.2) is 11.7 Å². The van der Waals surface area contributed by atoms with E-state index in [4.69, 9.17) is 21.8 Å². The minimum absolute atomic E-state index is 0.637. The van der Waals surface area contributed by atoms with Crippen LogP contribution >= 0.6 is 27.5 Å². The van der Waals surface area contributed by atoms with Crippen molar-refractivity contribution in [3.05, 3.63) is 39.8 Å². The van der Waals surface area contributed by atoms with Crippen molar-refractivity contribution in [1.29, 1.82) is 0 Å². The normalized spacial score (nSPS) is 10.8. The number of oxazole rings is 1. The van der Waals surface area contributed by atoms with Crippen LogP contribution in [0, 0.1) is 0 Å². The van der Waals surface area contributed by atoms with Crippen molar-refractivity contribution in [1.82, 2.24) is 4.98 Å². The molecule has 2 aromatic rings. The van der Waals surface area contributed by atoms with E-state index in [2.05, 4.69) is 20.9 Å². The Morgan fingerprint density at radius 2 is 2.24 bits per heavy atom. The van der Waals surface area contributed by atoms with Gasteiger partial charge in [0.25, 0.3) is 0 Å². The quantitative estimate of drug-likeness (QED) is 0.937. The van der Waals surface area contributed by atoms with E-state index >= 15 is 0 Å². The summed E-state index contributed by atoms with van der Waals surface area (Å²) < 4.78 is 6.59. The Kier molecular flexibility index (Phi) is 4.20. The monoisotopic (exact) mass is 314 g/mol. The number of halogens is 2. The van der Waals surface area contributed by atoms with Crippen molar-refractivity contribution in [2.45, 2.75) is 12.8 Å². The molecule has 1 aromatic heterocycles. The van der Waals surface area contributed by atoms with Gasteiger partial charge in [0.05, 0.1) is 6.20 Å². The zero-order chi connectivity index (χ0) is 12.3. The van der Waals surface area contributed by atoms with E-state index in [9.17, 15) is 0 Å². The van der Waals surface area contributed by atoms with E-state index in [1.807, 2.05) is 18.2 Å². The molecule has 0 aliphatic rings. The first-order valence-electron chi connectivity index (χ1n) is 5.31. The Balaban J connectivity index is 2.27. The lowest BCUT2D eigenvalue weighted by molar-refractivity contribution is 0.499. The van der Waals surface area contributed by atoms with Crippen molar-refractivity contribution in [2.24, 2.45) is 5.73 Å². The van der Waals surface area contributed by atoms with Crippen molar-refractivity contribution in [3.8, 4) is 11.3 Å². The molecule has 0 unspecified atom stereocenters. The first-order chi connectivity index (χ1) is 8.20. The molecule has 3 nitrogen and oxygen atoms in total. The van der Waals surface area contributed by atoms with Crippen LogP contribution in [0.2, 0.25) is 5.02 Å². The summed E-state index contributed by atoms with van der Waals surface area (Å²) in [5.41, 5.74) is 6.35. The van der Waals surface area contributed by atoms with E-state index in [1.54, 1.807) is 6.20 Å². The van der Waals surface area contributed by atoms with E-state index in [1.165, 1.54) is 0 Å². The maximum absolute atomic E-state index is 5.96. The van der Waals surface area contributed by atoms with Gasteiger partial charge in [0.1, 0.15) is 0 Å². The SMILES string of the molecule is NCCCc1ncc(-c2cc(Cl)ccc2Br)o1. The Hall–Kier alpha value is -0.840. The van der Waals surface area contributed by atoms with Gasteiger partial charge in [-0.25, -0.2) is 4.98 Å². The molecular weight excluding hydrogens is 304 g/mol. The van der Waals surface area contributed by atoms with E-state index < -0.39 is 0 Å². The molecule has 0 saturated heterocycles. The minimum Gasteiger partial charge on any atom is -0.441 e. The van der Waals surface area contributed by atoms with Gasteiger partial charge in [0, 0.05) is 21.5 Å². The molecule has 0 atom stereocenters. The third-order valence-electron chi connectivity index (χ3n) is 2.34. The van der Waals surface area contributed by atoms with E-state index in [-0.39, 0.29) is 0 Å². The lowest BCUT2D eigenvalue weighted by Gasteiger charge is -2.00. The number of hydrogen-bond donors (Lipinski definition) is 1. The summed E-state index contributed by atoms with van der Waals surface area (Å²) in [5.74, 6) is 1.42. The van der Waals surface area contributed by atoms with Crippen LogP contribution in [0.4, 0.5) is 0 Å². The zero-order valence-corrected chi connectivity index (χ0v) is 11.5. The number of nitrogens with two attached hydrogens (primary N) is 1. The summed E-state index contributed by atoms with van der Waals surface area (Å²) >= 11 is 9.42. The molecule has 0 amide bonds. The highest BCUT2D eigenvalue weighted by molar-refractivity contribution is 9.10. The number of hydrogen-bond acceptors (Lipinski definition) is 3. The van der Waals surface area contributed by atoms with Crippen LogP contribution in [0.5, 0.6) is 0 Å². The summed E-state index contributed by atoms with van der Waals surface area (Å²) in [6, 6.07) is 5.56. The van der Waals surface area contributed by atoms with Crippen molar-refractivity contribution >= 4 is 27.5 Å². The summed E-state index contributed by atoms with van der Waals surface area (Å²) in [7, 11) is 0. The fourth-order valence-electron chi connectivity index (χ4n) is 1.49. The molecule has 17 heavy (non-hydrogen) atoms. The third kappa shape index (κ3) is 3.09. The van der Waals surface area contributed by atoms with Crippen molar-refractivity contribution in [3.63, 3.8) is 0 Å².